The fourth-order valence-electron chi connectivity index (χ4n) is 2.56. The van der Waals surface area contributed by atoms with Crippen LogP contribution in [0.1, 0.15) is 38.3 Å². The molecule has 1 aromatic heterocycles. The van der Waals surface area contributed by atoms with Crippen LogP contribution in [0, 0.1) is 0 Å². The summed E-state index contributed by atoms with van der Waals surface area (Å²) in [6.45, 7) is 6.08. The maximum Gasteiger partial charge on any atom is 0.232 e. The van der Waals surface area contributed by atoms with Crippen molar-refractivity contribution in [1.29, 1.82) is 0 Å². The van der Waals surface area contributed by atoms with Gasteiger partial charge in [0.1, 0.15) is 5.82 Å². The second kappa shape index (κ2) is 8.15. The van der Waals surface area contributed by atoms with Gasteiger partial charge in [-0.05, 0) is 42.5 Å². The Morgan fingerprint density at radius 1 is 1.00 bits per heavy atom. The first kappa shape index (κ1) is 18.3. The van der Waals surface area contributed by atoms with Crippen molar-refractivity contribution < 1.29 is 8.42 Å². The molecule has 1 heterocycles. The van der Waals surface area contributed by atoms with Gasteiger partial charge in [-0.25, -0.2) is 13.4 Å². The summed E-state index contributed by atoms with van der Waals surface area (Å²) >= 11 is 0. The summed E-state index contributed by atoms with van der Waals surface area (Å²) in [4.78, 5) is 4.33. The van der Waals surface area contributed by atoms with Gasteiger partial charge in [-0.15, -0.1) is 0 Å². The van der Waals surface area contributed by atoms with E-state index in [1.165, 1.54) is 17.3 Å². The quantitative estimate of drug-likeness (QED) is 0.754. The monoisotopic (exact) mass is 347 g/mol. The van der Waals surface area contributed by atoms with Crippen LogP contribution in [-0.2, 0) is 22.9 Å². The zero-order valence-electron chi connectivity index (χ0n) is 14.5. The van der Waals surface area contributed by atoms with Crippen LogP contribution in [0.15, 0.2) is 36.5 Å². The van der Waals surface area contributed by atoms with Crippen LogP contribution in [0.4, 0.5) is 17.2 Å². The summed E-state index contributed by atoms with van der Waals surface area (Å²) < 4.78 is 26.1. The molecule has 0 spiro atoms. The number of nitrogens with zero attached hydrogens (tertiary/aromatic N) is 1. The van der Waals surface area contributed by atoms with E-state index in [0.717, 1.165) is 18.5 Å². The number of hydrogen-bond donors (Lipinski definition) is 2. The van der Waals surface area contributed by atoms with E-state index in [1.54, 1.807) is 12.1 Å². The molecule has 0 radical (unpaired) electrons. The fourth-order valence-corrected chi connectivity index (χ4v) is 3.68. The second-order valence-corrected chi connectivity index (χ2v) is 7.48. The van der Waals surface area contributed by atoms with E-state index < -0.39 is 10.0 Å². The Balaban J connectivity index is 2.18. The van der Waals surface area contributed by atoms with Gasteiger partial charge in [0.15, 0.2) is 0 Å². The molecule has 0 aliphatic rings. The molecule has 2 aromatic rings. The number of hydrogen-bond acceptors (Lipinski definition) is 4. The molecule has 0 saturated carbocycles. The molecule has 0 bridgehead atoms. The summed E-state index contributed by atoms with van der Waals surface area (Å²) in [5.74, 6) is 0.806. The minimum absolute atomic E-state index is 0.108. The molecule has 130 valence electrons. The fraction of sp³-hybridized carbons (Fsp3) is 0.389. The minimum atomic E-state index is -3.29. The number of aryl methyl sites for hydroxylation is 2. The van der Waals surface area contributed by atoms with Gasteiger partial charge in [0.05, 0.1) is 17.6 Å². The highest BCUT2D eigenvalue weighted by Gasteiger charge is 2.10. The number of rotatable bonds is 8. The van der Waals surface area contributed by atoms with E-state index >= 15 is 0 Å². The van der Waals surface area contributed by atoms with Gasteiger partial charge in [0.2, 0.25) is 10.0 Å². The van der Waals surface area contributed by atoms with Crippen molar-refractivity contribution in [1.82, 2.24) is 4.98 Å². The highest BCUT2D eigenvalue weighted by Crippen LogP contribution is 2.26. The molecule has 0 unspecified atom stereocenters. The van der Waals surface area contributed by atoms with Crippen molar-refractivity contribution >= 4 is 27.2 Å². The number of anilines is 3. The summed E-state index contributed by atoms with van der Waals surface area (Å²) in [5.41, 5.74) is 4.05. The van der Waals surface area contributed by atoms with Crippen molar-refractivity contribution in [3.05, 3.63) is 47.7 Å². The highest BCUT2D eigenvalue weighted by molar-refractivity contribution is 7.92. The number of aromatic nitrogens is 1. The molecule has 0 amide bonds. The van der Waals surface area contributed by atoms with Gasteiger partial charge < -0.3 is 5.32 Å². The summed E-state index contributed by atoms with van der Waals surface area (Å²) in [6, 6.07) is 9.80. The standard InChI is InChI=1S/C18H25N3O2S/c1-4-12-24(22,23)21-16-10-11-17(19-13-16)20-18-14(5-2)8-7-9-15(18)6-3/h7-11,13,21H,4-6,12H2,1-3H3,(H,19,20). The van der Waals surface area contributed by atoms with Crippen molar-refractivity contribution in [2.75, 3.05) is 15.8 Å². The number of sulfonamides is 1. The third-order valence-corrected chi connectivity index (χ3v) is 5.25. The van der Waals surface area contributed by atoms with Gasteiger partial charge in [0, 0.05) is 5.69 Å². The molecule has 5 nitrogen and oxygen atoms in total. The molecule has 2 N–H and O–H groups in total. The molecule has 2 rings (SSSR count). The lowest BCUT2D eigenvalue weighted by Gasteiger charge is -2.15. The van der Waals surface area contributed by atoms with Crippen molar-refractivity contribution in [3.63, 3.8) is 0 Å². The Hall–Kier alpha value is -2.08. The van der Waals surface area contributed by atoms with E-state index in [2.05, 4.69) is 47.1 Å². The molecule has 0 aliphatic carbocycles. The van der Waals surface area contributed by atoms with Crippen molar-refractivity contribution in [2.45, 2.75) is 40.0 Å². The van der Waals surface area contributed by atoms with Crippen molar-refractivity contribution in [2.24, 2.45) is 0 Å². The molecule has 0 aliphatic heterocycles. The lowest BCUT2D eigenvalue weighted by molar-refractivity contribution is 0.600. The zero-order chi connectivity index (χ0) is 17.6. The third-order valence-electron chi connectivity index (χ3n) is 3.76. The zero-order valence-corrected chi connectivity index (χ0v) is 15.3. The van der Waals surface area contributed by atoms with Crippen LogP contribution < -0.4 is 10.0 Å². The summed E-state index contributed by atoms with van der Waals surface area (Å²) in [7, 11) is -3.29. The number of benzene rings is 1. The molecular weight excluding hydrogens is 322 g/mol. The Morgan fingerprint density at radius 2 is 1.67 bits per heavy atom. The van der Waals surface area contributed by atoms with E-state index in [0.29, 0.717) is 17.9 Å². The summed E-state index contributed by atoms with van der Waals surface area (Å²) in [6.07, 6.45) is 3.99. The Labute approximate surface area is 144 Å². The maximum atomic E-state index is 11.8. The molecule has 24 heavy (non-hydrogen) atoms. The van der Waals surface area contributed by atoms with Crippen LogP contribution in [-0.4, -0.2) is 19.2 Å². The third kappa shape index (κ3) is 4.71. The van der Waals surface area contributed by atoms with E-state index in [1.807, 2.05) is 6.92 Å². The molecule has 6 heteroatoms. The first-order chi connectivity index (χ1) is 11.5. The van der Waals surface area contributed by atoms with Gasteiger partial charge in [-0.3, -0.25) is 4.72 Å². The molecular formula is C18H25N3O2S. The number of nitrogens with one attached hydrogen (secondary N) is 2. The predicted octanol–water partition coefficient (Wildman–Crippen LogP) is 4.10. The molecule has 1 aromatic carbocycles. The van der Waals surface area contributed by atoms with E-state index in [-0.39, 0.29) is 5.75 Å². The number of pyridine rings is 1. The average Bonchev–Trinajstić information content (AvgIpc) is 2.56. The molecule has 0 atom stereocenters. The Kier molecular flexibility index (Phi) is 6.20. The maximum absolute atomic E-state index is 11.8. The van der Waals surface area contributed by atoms with Crippen LogP contribution in [0.5, 0.6) is 0 Å². The Bertz CT molecular complexity index is 749. The van der Waals surface area contributed by atoms with Gasteiger partial charge in [-0.2, -0.15) is 0 Å². The number of para-hydroxylation sites is 1. The van der Waals surface area contributed by atoms with E-state index in [4.69, 9.17) is 0 Å². The van der Waals surface area contributed by atoms with Crippen LogP contribution in [0.3, 0.4) is 0 Å². The predicted molar refractivity (Wildman–Crippen MR) is 100 cm³/mol. The Morgan fingerprint density at radius 3 is 2.17 bits per heavy atom. The van der Waals surface area contributed by atoms with Gasteiger partial charge in [-0.1, -0.05) is 39.0 Å². The van der Waals surface area contributed by atoms with Crippen molar-refractivity contribution in [3.8, 4) is 0 Å². The van der Waals surface area contributed by atoms with Crippen LogP contribution >= 0.6 is 0 Å². The summed E-state index contributed by atoms with van der Waals surface area (Å²) in [5, 5.41) is 3.37. The average molecular weight is 347 g/mol. The van der Waals surface area contributed by atoms with Crippen LogP contribution in [0.2, 0.25) is 0 Å². The van der Waals surface area contributed by atoms with E-state index in [9.17, 15) is 8.42 Å². The topological polar surface area (TPSA) is 71.1 Å². The van der Waals surface area contributed by atoms with Gasteiger partial charge >= 0.3 is 0 Å². The smallest absolute Gasteiger partial charge is 0.232 e. The first-order valence-electron chi connectivity index (χ1n) is 8.33. The van der Waals surface area contributed by atoms with Gasteiger partial charge in [0.25, 0.3) is 0 Å². The minimum Gasteiger partial charge on any atom is -0.340 e. The van der Waals surface area contributed by atoms with Crippen LogP contribution in [0.25, 0.3) is 0 Å². The largest absolute Gasteiger partial charge is 0.340 e. The second-order valence-electron chi connectivity index (χ2n) is 5.64. The normalized spacial score (nSPS) is 11.3. The SMILES string of the molecule is CCCS(=O)(=O)Nc1ccc(Nc2c(CC)cccc2CC)nc1. The lowest BCUT2D eigenvalue weighted by Crippen LogP contribution is -2.16. The molecule has 0 saturated heterocycles. The highest BCUT2D eigenvalue weighted by atomic mass is 32.2. The molecule has 0 fully saturated rings. The first-order valence-corrected chi connectivity index (χ1v) is 9.98. The lowest BCUT2D eigenvalue weighted by atomic mass is 10.0.